The minimum Gasteiger partial charge on any atom is -0.465 e. The van der Waals surface area contributed by atoms with E-state index in [2.05, 4.69) is 10.6 Å². The standard InChI is InChI=1S/C20H19N3O3/c1-13-7-6-10-17(14(13)2)22-12-15(11-21)19(24)23-18-9-5-4-8-16(18)20(25)26-3/h4-10,12,22H,1-3H3,(H,23,24)/b15-12-. The molecule has 2 aromatic carbocycles. The molecule has 26 heavy (non-hydrogen) atoms. The Labute approximate surface area is 152 Å². The van der Waals surface area contributed by atoms with Gasteiger partial charge >= 0.3 is 5.97 Å². The van der Waals surface area contributed by atoms with Crippen LogP contribution in [0.4, 0.5) is 11.4 Å². The maximum absolute atomic E-state index is 12.4. The van der Waals surface area contributed by atoms with Gasteiger partial charge in [-0.2, -0.15) is 5.26 Å². The number of amides is 1. The molecular formula is C20H19N3O3. The van der Waals surface area contributed by atoms with Gasteiger partial charge in [-0.1, -0.05) is 24.3 Å². The summed E-state index contributed by atoms with van der Waals surface area (Å²) in [5.41, 5.74) is 3.29. The van der Waals surface area contributed by atoms with E-state index in [1.807, 2.05) is 38.1 Å². The number of ether oxygens (including phenoxy) is 1. The zero-order chi connectivity index (χ0) is 19.1. The van der Waals surface area contributed by atoms with Gasteiger partial charge in [-0.05, 0) is 43.2 Å². The molecule has 0 aromatic heterocycles. The fourth-order valence-corrected chi connectivity index (χ4v) is 2.28. The van der Waals surface area contributed by atoms with E-state index in [9.17, 15) is 14.9 Å². The zero-order valence-corrected chi connectivity index (χ0v) is 14.8. The van der Waals surface area contributed by atoms with Crippen molar-refractivity contribution < 1.29 is 14.3 Å². The number of carbonyl (C=O) groups is 2. The second kappa shape index (κ2) is 8.49. The Hall–Kier alpha value is -3.59. The van der Waals surface area contributed by atoms with Crippen molar-refractivity contribution in [3.05, 3.63) is 70.9 Å². The molecule has 0 fully saturated rings. The zero-order valence-electron chi connectivity index (χ0n) is 14.8. The van der Waals surface area contributed by atoms with Crippen molar-refractivity contribution in [2.24, 2.45) is 0 Å². The lowest BCUT2D eigenvalue weighted by Gasteiger charge is -2.10. The summed E-state index contributed by atoms with van der Waals surface area (Å²) in [6.07, 6.45) is 1.35. The van der Waals surface area contributed by atoms with Gasteiger partial charge in [-0.3, -0.25) is 4.79 Å². The van der Waals surface area contributed by atoms with Crippen LogP contribution in [0, 0.1) is 25.2 Å². The van der Waals surface area contributed by atoms with Gasteiger partial charge in [0.2, 0.25) is 0 Å². The molecule has 0 heterocycles. The van der Waals surface area contributed by atoms with E-state index in [-0.39, 0.29) is 16.8 Å². The van der Waals surface area contributed by atoms with E-state index >= 15 is 0 Å². The van der Waals surface area contributed by atoms with E-state index in [1.165, 1.54) is 19.4 Å². The number of rotatable bonds is 5. The van der Waals surface area contributed by atoms with Gasteiger partial charge in [-0.25, -0.2) is 4.79 Å². The lowest BCUT2D eigenvalue weighted by atomic mass is 10.1. The smallest absolute Gasteiger partial charge is 0.339 e. The van der Waals surface area contributed by atoms with Crippen LogP contribution in [0.1, 0.15) is 21.5 Å². The summed E-state index contributed by atoms with van der Waals surface area (Å²) < 4.78 is 4.69. The Morgan fingerprint density at radius 1 is 1.08 bits per heavy atom. The number of esters is 1. The molecule has 0 aliphatic carbocycles. The van der Waals surface area contributed by atoms with Crippen molar-refractivity contribution >= 4 is 23.3 Å². The van der Waals surface area contributed by atoms with Crippen molar-refractivity contribution in [3.8, 4) is 6.07 Å². The average molecular weight is 349 g/mol. The number of methoxy groups -OCH3 is 1. The molecule has 2 rings (SSSR count). The fraction of sp³-hybridized carbons (Fsp3) is 0.150. The highest BCUT2D eigenvalue weighted by molar-refractivity contribution is 6.09. The topological polar surface area (TPSA) is 91.2 Å². The number of nitriles is 1. The van der Waals surface area contributed by atoms with Crippen LogP contribution in [0.25, 0.3) is 0 Å². The van der Waals surface area contributed by atoms with Crippen molar-refractivity contribution in [3.63, 3.8) is 0 Å². The van der Waals surface area contributed by atoms with Crippen LogP contribution in [-0.2, 0) is 9.53 Å². The summed E-state index contributed by atoms with van der Waals surface area (Å²) >= 11 is 0. The molecule has 6 heteroatoms. The van der Waals surface area contributed by atoms with Crippen molar-refractivity contribution in [2.45, 2.75) is 13.8 Å². The summed E-state index contributed by atoms with van der Waals surface area (Å²) in [4.78, 5) is 24.2. The highest BCUT2D eigenvalue weighted by atomic mass is 16.5. The fourth-order valence-electron chi connectivity index (χ4n) is 2.28. The summed E-state index contributed by atoms with van der Waals surface area (Å²) in [5.74, 6) is -1.20. The molecule has 132 valence electrons. The van der Waals surface area contributed by atoms with Gasteiger partial charge in [0.15, 0.2) is 0 Å². The first-order valence-electron chi connectivity index (χ1n) is 7.89. The Morgan fingerprint density at radius 2 is 1.77 bits per heavy atom. The van der Waals surface area contributed by atoms with E-state index in [0.29, 0.717) is 0 Å². The maximum Gasteiger partial charge on any atom is 0.339 e. The number of nitrogens with one attached hydrogen (secondary N) is 2. The van der Waals surface area contributed by atoms with Crippen LogP contribution < -0.4 is 10.6 Å². The molecule has 0 radical (unpaired) electrons. The molecule has 0 aliphatic rings. The molecule has 1 amide bonds. The van der Waals surface area contributed by atoms with Crippen LogP contribution in [0.15, 0.2) is 54.2 Å². The number of aryl methyl sites for hydroxylation is 1. The SMILES string of the molecule is COC(=O)c1ccccc1NC(=O)/C(C#N)=C\Nc1cccc(C)c1C. The first-order chi connectivity index (χ1) is 12.5. The normalized spacial score (nSPS) is 10.6. The molecule has 2 aromatic rings. The largest absolute Gasteiger partial charge is 0.465 e. The third kappa shape index (κ3) is 4.28. The molecule has 0 spiro atoms. The van der Waals surface area contributed by atoms with Gasteiger partial charge in [-0.15, -0.1) is 0 Å². The van der Waals surface area contributed by atoms with Crippen LogP contribution in [0.3, 0.4) is 0 Å². The number of carbonyl (C=O) groups excluding carboxylic acids is 2. The van der Waals surface area contributed by atoms with E-state index in [4.69, 9.17) is 4.74 Å². The Kier molecular flexibility index (Phi) is 6.12. The minimum absolute atomic E-state index is 0.120. The molecule has 0 atom stereocenters. The first-order valence-corrected chi connectivity index (χ1v) is 7.89. The minimum atomic E-state index is -0.623. The van der Waals surface area contributed by atoms with Crippen LogP contribution in [0.5, 0.6) is 0 Å². The monoisotopic (exact) mass is 349 g/mol. The maximum atomic E-state index is 12.4. The van der Waals surface area contributed by atoms with Gasteiger partial charge in [0, 0.05) is 11.9 Å². The van der Waals surface area contributed by atoms with E-state index in [0.717, 1.165) is 16.8 Å². The highest BCUT2D eigenvalue weighted by Gasteiger charge is 2.15. The molecule has 0 unspecified atom stereocenters. The molecule has 0 saturated carbocycles. The summed E-state index contributed by atoms with van der Waals surface area (Å²) in [5, 5.41) is 14.8. The summed E-state index contributed by atoms with van der Waals surface area (Å²) in [7, 11) is 1.26. The van der Waals surface area contributed by atoms with Crippen molar-refractivity contribution in [1.29, 1.82) is 5.26 Å². The Morgan fingerprint density at radius 3 is 2.46 bits per heavy atom. The second-order valence-corrected chi connectivity index (χ2v) is 5.55. The lowest BCUT2D eigenvalue weighted by molar-refractivity contribution is -0.112. The number of benzene rings is 2. The van der Waals surface area contributed by atoms with Crippen LogP contribution in [-0.4, -0.2) is 19.0 Å². The van der Waals surface area contributed by atoms with Crippen molar-refractivity contribution in [1.82, 2.24) is 0 Å². The van der Waals surface area contributed by atoms with Gasteiger partial charge in [0.1, 0.15) is 11.6 Å². The third-order valence-corrected chi connectivity index (χ3v) is 3.92. The molecule has 0 saturated heterocycles. The van der Waals surface area contributed by atoms with E-state index in [1.54, 1.807) is 18.2 Å². The number of para-hydroxylation sites is 1. The number of nitrogens with zero attached hydrogens (tertiary/aromatic N) is 1. The summed E-state index contributed by atoms with van der Waals surface area (Å²) in [6, 6.07) is 14.0. The lowest BCUT2D eigenvalue weighted by Crippen LogP contribution is -2.17. The average Bonchev–Trinajstić information content (AvgIpc) is 2.65. The van der Waals surface area contributed by atoms with Gasteiger partial charge in [0.05, 0.1) is 18.4 Å². The molecule has 2 N–H and O–H groups in total. The quantitative estimate of drug-likeness (QED) is 0.489. The highest BCUT2D eigenvalue weighted by Crippen LogP contribution is 2.19. The molecule has 0 bridgehead atoms. The Bertz CT molecular complexity index is 911. The third-order valence-electron chi connectivity index (χ3n) is 3.92. The number of hydrogen-bond acceptors (Lipinski definition) is 5. The molecule has 0 aliphatic heterocycles. The first kappa shape index (κ1) is 18.7. The van der Waals surface area contributed by atoms with Crippen molar-refractivity contribution in [2.75, 3.05) is 17.7 Å². The molecule has 6 nitrogen and oxygen atoms in total. The van der Waals surface area contributed by atoms with Gasteiger partial charge < -0.3 is 15.4 Å². The number of hydrogen-bond donors (Lipinski definition) is 2. The van der Waals surface area contributed by atoms with Crippen LogP contribution in [0.2, 0.25) is 0 Å². The second-order valence-electron chi connectivity index (χ2n) is 5.55. The van der Waals surface area contributed by atoms with E-state index < -0.39 is 11.9 Å². The predicted molar refractivity (Wildman–Crippen MR) is 99.6 cm³/mol. The predicted octanol–water partition coefficient (Wildman–Crippen LogP) is 3.55. The van der Waals surface area contributed by atoms with Gasteiger partial charge in [0.25, 0.3) is 5.91 Å². The number of anilines is 2. The molecular weight excluding hydrogens is 330 g/mol. The Balaban J connectivity index is 2.21. The van der Waals surface area contributed by atoms with Crippen LogP contribution >= 0.6 is 0 Å². The summed E-state index contributed by atoms with van der Waals surface area (Å²) in [6.45, 7) is 3.93.